The SMILES string of the molecule is Cn1cc(C(C)(C)NS(=O)(=O)c2occc2Br)nn1. The summed E-state index contributed by atoms with van der Waals surface area (Å²) in [7, 11) is -2.07. The van der Waals surface area contributed by atoms with Crippen molar-refractivity contribution in [1.29, 1.82) is 0 Å². The first-order valence-electron chi connectivity index (χ1n) is 5.36. The molecule has 0 aliphatic heterocycles. The van der Waals surface area contributed by atoms with Crippen LogP contribution in [0.5, 0.6) is 0 Å². The Bertz CT molecular complexity index is 689. The van der Waals surface area contributed by atoms with Crippen LogP contribution in [0.3, 0.4) is 0 Å². The van der Waals surface area contributed by atoms with Gasteiger partial charge in [0.15, 0.2) is 0 Å². The Morgan fingerprint density at radius 1 is 1.47 bits per heavy atom. The Labute approximate surface area is 119 Å². The number of nitrogens with one attached hydrogen (secondary N) is 1. The Balaban J connectivity index is 2.32. The van der Waals surface area contributed by atoms with Crippen molar-refractivity contribution in [3.63, 3.8) is 0 Å². The highest BCUT2D eigenvalue weighted by atomic mass is 79.9. The second-order valence-electron chi connectivity index (χ2n) is 4.56. The number of halogens is 1. The maximum Gasteiger partial charge on any atom is 0.275 e. The van der Waals surface area contributed by atoms with Crippen LogP contribution >= 0.6 is 15.9 Å². The standard InChI is InChI=1S/C10H13BrN4O3S/c1-10(2,8-6-15(3)14-12-8)13-19(16,17)9-7(11)4-5-18-9/h4-6,13H,1-3H3. The number of nitrogens with zero attached hydrogens (tertiary/aromatic N) is 3. The van der Waals surface area contributed by atoms with Gasteiger partial charge < -0.3 is 4.42 Å². The van der Waals surface area contributed by atoms with E-state index in [-0.39, 0.29) is 5.09 Å². The molecule has 0 fully saturated rings. The van der Waals surface area contributed by atoms with Gasteiger partial charge in [0.25, 0.3) is 10.0 Å². The number of hydrogen-bond acceptors (Lipinski definition) is 5. The largest absolute Gasteiger partial charge is 0.451 e. The smallest absolute Gasteiger partial charge is 0.275 e. The average Bonchev–Trinajstić information content (AvgIpc) is 2.85. The Morgan fingerprint density at radius 2 is 2.16 bits per heavy atom. The van der Waals surface area contributed by atoms with Gasteiger partial charge in [-0.2, -0.15) is 4.72 Å². The first-order chi connectivity index (χ1) is 8.72. The van der Waals surface area contributed by atoms with E-state index >= 15 is 0 Å². The molecule has 0 aliphatic rings. The highest BCUT2D eigenvalue weighted by molar-refractivity contribution is 9.10. The van der Waals surface area contributed by atoms with E-state index in [9.17, 15) is 8.42 Å². The molecule has 0 radical (unpaired) electrons. The quantitative estimate of drug-likeness (QED) is 0.901. The fraction of sp³-hybridized carbons (Fsp3) is 0.400. The van der Waals surface area contributed by atoms with Crippen LogP contribution in [0.4, 0.5) is 0 Å². The van der Waals surface area contributed by atoms with E-state index in [0.717, 1.165) is 0 Å². The summed E-state index contributed by atoms with van der Waals surface area (Å²) >= 11 is 3.12. The van der Waals surface area contributed by atoms with Gasteiger partial charge in [-0.1, -0.05) is 5.21 Å². The lowest BCUT2D eigenvalue weighted by Gasteiger charge is -2.22. The number of aryl methyl sites for hydroxylation is 1. The van der Waals surface area contributed by atoms with Gasteiger partial charge in [0.2, 0.25) is 5.09 Å². The average molecular weight is 349 g/mol. The van der Waals surface area contributed by atoms with Crippen molar-refractivity contribution in [1.82, 2.24) is 19.7 Å². The summed E-state index contributed by atoms with van der Waals surface area (Å²) in [6, 6.07) is 1.52. The molecular formula is C10H13BrN4O3S. The van der Waals surface area contributed by atoms with Gasteiger partial charge in [-0.15, -0.1) is 5.10 Å². The van der Waals surface area contributed by atoms with Crippen LogP contribution in [0.2, 0.25) is 0 Å². The van der Waals surface area contributed by atoms with Gasteiger partial charge >= 0.3 is 0 Å². The lowest BCUT2D eigenvalue weighted by Crippen LogP contribution is -2.41. The molecule has 0 saturated carbocycles. The van der Waals surface area contributed by atoms with Crippen molar-refractivity contribution in [2.24, 2.45) is 7.05 Å². The molecule has 1 N–H and O–H groups in total. The fourth-order valence-corrected chi connectivity index (χ4v) is 3.76. The molecular weight excluding hydrogens is 336 g/mol. The zero-order valence-electron chi connectivity index (χ0n) is 10.6. The third kappa shape index (κ3) is 2.88. The third-order valence-electron chi connectivity index (χ3n) is 2.46. The summed E-state index contributed by atoms with van der Waals surface area (Å²) in [6.45, 7) is 3.40. The van der Waals surface area contributed by atoms with E-state index in [1.54, 1.807) is 27.1 Å². The molecule has 9 heteroatoms. The summed E-state index contributed by atoms with van der Waals surface area (Å²) in [5, 5.41) is 7.55. The predicted molar refractivity (Wildman–Crippen MR) is 70.8 cm³/mol. The van der Waals surface area contributed by atoms with Crippen LogP contribution in [0, 0.1) is 0 Å². The van der Waals surface area contributed by atoms with E-state index in [0.29, 0.717) is 10.2 Å². The Kier molecular flexibility index (Phi) is 3.54. The van der Waals surface area contributed by atoms with Crippen molar-refractivity contribution in [3.8, 4) is 0 Å². The van der Waals surface area contributed by atoms with Crippen LogP contribution in [-0.2, 0) is 22.6 Å². The number of aromatic nitrogens is 3. The number of sulfonamides is 1. The summed E-state index contributed by atoms with van der Waals surface area (Å²) in [5.74, 6) is 0. The summed E-state index contributed by atoms with van der Waals surface area (Å²) in [5.41, 5.74) is -0.388. The molecule has 19 heavy (non-hydrogen) atoms. The minimum Gasteiger partial charge on any atom is -0.451 e. The monoisotopic (exact) mass is 348 g/mol. The summed E-state index contributed by atoms with van der Waals surface area (Å²) in [4.78, 5) is 0. The molecule has 2 heterocycles. The molecule has 7 nitrogen and oxygen atoms in total. The molecule has 0 bridgehead atoms. The van der Waals surface area contributed by atoms with Gasteiger partial charge in [-0.05, 0) is 35.8 Å². The number of hydrogen-bond donors (Lipinski definition) is 1. The van der Waals surface area contributed by atoms with Crippen LogP contribution in [-0.4, -0.2) is 23.4 Å². The summed E-state index contributed by atoms with van der Waals surface area (Å²) < 4.78 is 33.8. The highest BCUT2D eigenvalue weighted by Crippen LogP contribution is 2.26. The second-order valence-corrected chi connectivity index (χ2v) is 7.00. The van der Waals surface area contributed by atoms with Gasteiger partial charge in [0.05, 0.1) is 22.5 Å². The number of rotatable bonds is 4. The second kappa shape index (κ2) is 4.73. The first kappa shape index (κ1) is 14.2. The van der Waals surface area contributed by atoms with Crippen LogP contribution in [0.25, 0.3) is 0 Å². The molecule has 0 aliphatic carbocycles. The highest BCUT2D eigenvalue weighted by Gasteiger charge is 2.33. The molecule has 2 rings (SSSR count). The lowest BCUT2D eigenvalue weighted by molar-refractivity contribution is 0.416. The van der Waals surface area contributed by atoms with Crippen molar-refractivity contribution in [2.75, 3.05) is 0 Å². The maximum atomic E-state index is 12.2. The Hall–Kier alpha value is -1.19. The molecule has 0 saturated heterocycles. The van der Waals surface area contributed by atoms with Gasteiger partial charge in [0, 0.05) is 7.05 Å². The zero-order valence-corrected chi connectivity index (χ0v) is 13.0. The molecule has 104 valence electrons. The minimum atomic E-state index is -3.78. The molecule has 2 aromatic heterocycles. The topological polar surface area (TPSA) is 90.0 Å². The first-order valence-corrected chi connectivity index (χ1v) is 7.64. The molecule has 0 amide bonds. The van der Waals surface area contributed by atoms with Crippen molar-refractivity contribution in [3.05, 3.63) is 28.7 Å². The van der Waals surface area contributed by atoms with Gasteiger partial charge in [-0.25, -0.2) is 8.42 Å². The van der Waals surface area contributed by atoms with Crippen molar-refractivity contribution < 1.29 is 12.8 Å². The predicted octanol–water partition coefficient (Wildman–Crippen LogP) is 1.38. The fourth-order valence-electron chi connectivity index (χ4n) is 1.54. The molecule has 0 aromatic carbocycles. The minimum absolute atomic E-state index is 0.163. The van der Waals surface area contributed by atoms with Crippen LogP contribution in [0.15, 0.2) is 32.5 Å². The van der Waals surface area contributed by atoms with E-state index in [4.69, 9.17) is 4.42 Å². The third-order valence-corrected chi connectivity index (χ3v) is 4.93. The van der Waals surface area contributed by atoms with E-state index in [1.807, 2.05) is 0 Å². The van der Waals surface area contributed by atoms with Crippen molar-refractivity contribution in [2.45, 2.75) is 24.5 Å². The molecule has 0 spiro atoms. The van der Waals surface area contributed by atoms with Crippen LogP contribution < -0.4 is 4.72 Å². The molecule has 2 aromatic rings. The van der Waals surface area contributed by atoms with E-state index in [2.05, 4.69) is 31.0 Å². The Morgan fingerprint density at radius 3 is 2.63 bits per heavy atom. The van der Waals surface area contributed by atoms with Gasteiger partial charge in [0.1, 0.15) is 5.69 Å². The zero-order chi connectivity index (χ0) is 14.3. The normalized spacial score (nSPS) is 12.8. The van der Waals surface area contributed by atoms with Crippen molar-refractivity contribution >= 4 is 26.0 Å². The number of furan rings is 1. The molecule has 0 atom stereocenters. The van der Waals surface area contributed by atoms with E-state index < -0.39 is 15.6 Å². The van der Waals surface area contributed by atoms with E-state index in [1.165, 1.54) is 17.0 Å². The van der Waals surface area contributed by atoms with Crippen LogP contribution in [0.1, 0.15) is 19.5 Å². The lowest BCUT2D eigenvalue weighted by atomic mass is 10.0. The maximum absolute atomic E-state index is 12.2. The molecule has 0 unspecified atom stereocenters. The van der Waals surface area contributed by atoms with Gasteiger partial charge in [-0.3, -0.25) is 4.68 Å². The summed E-state index contributed by atoms with van der Waals surface area (Å²) in [6.07, 6.45) is 2.95.